The number of carbonyl (C=O) groups excluding carboxylic acids is 1. The first kappa shape index (κ1) is 15.0. The third-order valence-electron chi connectivity index (χ3n) is 3.57. The van der Waals surface area contributed by atoms with Crippen LogP contribution in [0.3, 0.4) is 0 Å². The van der Waals surface area contributed by atoms with Crippen LogP contribution < -0.4 is 9.47 Å². The second kappa shape index (κ2) is 6.44. The molecule has 5 nitrogen and oxygen atoms in total. The first-order valence-electron chi connectivity index (χ1n) is 7.19. The fourth-order valence-electron chi connectivity index (χ4n) is 2.45. The van der Waals surface area contributed by atoms with Gasteiger partial charge in [0.2, 0.25) is 0 Å². The number of rotatable bonds is 4. The Morgan fingerprint density at radius 1 is 1.09 bits per heavy atom. The minimum atomic E-state index is -0.726. The molecule has 3 aromatic rings. The van der Waals surface area contributed by atoms with E-state index in [2.05, 4.69) is 0 Å². The van der Waals surface area contributed by atoms with Crippen LogP contribution in [0.15, 0.2) is 54.7 Å². The fraction of sp³-hybridized carbons (Fsp3) is 0.167. The Hall–Kier alpha value is -2.95. The Morgan fingerprint density at radius 2 is 1.87 bits per heavy atom. The lowest BCUT2D eigenvalue weighted by Gasteiger charge is -2.05. The van der Waals surface area contributed by atoms with Crippen molar-refractivity contribution in [2.45, 2.75) is 6.61 Å². The predicted molar refractivity (Wildman–Crippen MR) is 86.7 cm³/mol. The summed E-state index contributed by atoms with van der Waals surface area (Å²) in [5.74, 6) is 1.22. The smallest absolute Gasteiger partial charge is 0.497 e. The second-order valence-electron chi connectivity index (χ2n) is 5.10. The number of ether oxygens (including phenoxy) is 3. The Labute approximate surface area is 134 Å². The van der Waals surface area contributed by atoms with Gasteiger partial charge in [-0.1, -0.05) is 18.2 Å². The van der Waals surface area contributed by atoms with Gasteiger partial charge in [-0.05, 0) is 30.3 Å². The van der Waals surface area contributed by atoms with E-state index in [0.717, 1.165) is 22.2 Å². The van der Waals surface area contributed by atoms with Gasteiger partial charge in [-0.25, -0.2) is 4.79 Å². The molecule has 0 radical (unpaired) electrons. The normalized spacial score (nSPS) is 10.5. The van der Waals surface area contributed by atoms with E-state index in [-0.39, 0.29) is 6.61 Å². The van der Waals surface area contributed by atoms with Gasteiger partial charge in [-0.3, -0.25) is 0 Å². The van der Waals surface area contributed by atoms with Crippen LogP contribution in [0.4, 0.5) is 4.79 Å². The highest BCUT2D eigenvalue weighted by molar-refractivity contribution is 5.85. The van der Waals surface area contributed by atoms with Crippen LogP contribution in [0.25, 0.3) is 10.9 Å². The Kier molecular flexibility index (Phi) is 4.19. The minimum Gasteiger partial charge on any atom is -0.497 e. The van der Waals surface area contributed by atoms with Crippen molar-refractivity contribution < 1.29 is 19.0 Å². The summed E-state index contributed by atoms with van der Waals surface area (Å²) in [5.41, 5.74) is 1.94. The Bertz CT molecular complexity index is 824. The lowest BCUT2D eigenvalue weighted by molar-refractivity contribution is 0.0931. The molecule has 2 aromatic carbocycles. The van der Waals surface area contributed by atoms with Crippen molar-refractivity contribution in [1.82, 2.24) is 4.57 Å². The highest BCUT2D eigenvalue weighted by atomic mass is 16.7. The van der Waals surface area contributed by atoms with Crippen LogP contribution in [0.2, 0.25) is 0 Å². The predicted octanol–water partition coefficient (Wildman–Crippen LogP) is 3.90. The van der Waals surface area contributed by atoms with E-state index in [4.69, 9.17) is 14.2 Å². The quantitative estimate of drug-likeness (QED) is 0.541. The molecule has 0 atom stereocenters. The molecule has 0 N–H and O–H groups in total. The van der Waals surface area contributed by atoms with Crippen LogP contribution in [-0.4, -0.2) is 17.8 Å². The molecule has 0 spiro atoms. The highest BCUT2D eigenvalue weighted by Gasteiger charge is 2.11. The summed E-state index contributed by atoms with van der Waals surface area (Å²) in [6.07, 6.45) is 1.20. The third kappa shape index (κ3) is 3.29. The monoisotopic (exact) mass is 311 g/mol. The minimum absolute atomic E-state index is 0.135. The second-order valence-corrected chi connectivity index (χ2v) is 5.10. The molecular weight excluding hydrogens is 294 g/mol. The largest absolute Gasteiger partial charge is 0.514 e. The number of methoxy groups -OCH3 is 1. The molecule has 3 rings (SSSR count). The van der Waals surface area contributed by atoms with Crippen LogP contribution in [0, 0.1) is 0 Å². The number of aromatic nitrogens is 1. The summed E-state index contributed by atoms with van der Waals surface area (Å²) >= 11 is 0. The summed E-state index contributed by atoms with van der Waals surface area (Å²) in [6.45, 7) is 0.135. The maximum Gasteiger partial charge on any atom is 0.514 e. The molecule has 118 valence electrons. The highest BCUT2D eigenvalue weighted by Crippen LogP contribution is 2.26. The van der Waals surface area contributed by atoms with Gasteiger partial charge < -0.3 is 18.8 Å². The molecule has 0 fully saturated rings. The molecule has 0 aliphatic carbocycles. The molecule has 1 aromatic heterocycles. The topological polar surface area (TPSA) is 49.7 Å². The molecule has 0 unspecified atom stereocenters. The SMILES string of the molecule is COc1ccc2c(c1)c(COC(=O)Oc1ccccc1)cn2C. The van der Waals surface area contributed by atoms with Crippen molar-refractivity contribution in [3.05, 3.63) is 60.3 Å². The average Bonchev–Trinajstić information content (AvgIpc) is 2.89. The molecule has 0 aliphatic rings. The van der Waals surface area contributed by atoms with E-state index in [1.165, 1.54) is 0 Å². The number of hydrogen-bond donors (Lipinski definition) is 0. The number of carbonyl (C=O) groups is 1. The van der Waals surface area contributed by atoms with Gasteiger partial charge in [0, 0.05) is 29.7 Å². The van der Waals surface area contributed by atoms with Crippen molar-refractivity contribution in [2.75, 3.05) is 7.11 Å². The standard InChI is InChI=1S/C18H17NO4/c1-19-11-13(16-10-15(21-2)8-9-17(16)19)12-22-18(20)23-14-6-4-3-5-7-14/h3-11H,12H2,1-2H3. The summed E-state index contributed by atoms with van der Waals surface area (Å²) in [7, 11) is 3.57. The first-order valence-corrected chi connectivity index (χ1v) is 7.19. The molecule has 5 heteroatoms. The zero-order valence-electron chi connectivity index (χ0n) is 13.0. The summed E-state index contributed by atoms with van der Waals surface area (Å²) in [4.78, 5) is 11.8. The molecular formula is C18H17NO4. The summed E-state index contributed by atoms with van der Waals surface area (Å²) in [5, 5.41) is 0.986. The van der Waals surface area contributed by atoms with E-state index < -0.39 is 6.16 Å². The Morgan fingerprint density at radius 3 is 2.61 bits per heavy atom. The molecule has 0 amide bonds. The van der Waals surface area contributed by atoms with Gasteiger partial charge in [0.15, 0.2) is 0 Å². The van der Waals surface area contributed by atoms with Gasteiger partial charge in [0.25, 0.3) is 0 Å². The molecule has 0 bridgehead atoms. The number of para-hydroxylation sites is 1. The van der Waals surface area contributed by atoms with Crippen LogP contribution in [0.1, 0.15) is 5.56 Å². The molecule has 23 heavy (non-hydrogen) atoms. The van der Waals surface area contributed by atoms with E-state index >= 15 is 0 Å². The maximum atomic E-state index is 11.8. The van der Waals surface area contributed by atoms with Gasteiger partial charge in [-0.2, -0.15) is 0 Å². The molecule has 0 saturated heterocycles. The molecule has 0 saturated carbocycles. The Balaban J connectivity index is 1.73. The summed E-state index contributed by atoms with van der Waals surface area (Å²) in [6, 6.07) is 14.6. The molecule has 0 aliphatic heterocycles. The average molecular weight is 311 g/mol. The lowest BCUT2D eigenvalue weighted by atomic mass is 10.2. The number of aryl methyl sites for hydroxylation is 1. The van der Waals surface area contributed by atoms with E-state index in [0.29, 0.717) is 5.75 Å². The van der Waals surface area contributed by atoms with Gasteiger partial charge >= 0.3 is 6.16 Å². The number of benzene rings is 2. The third-order valence-corrected chi connectivity index (χ3v) is 3.57. The summed E-state index contributed by atoms with van der Waals surface area (Å²) < 4.78 is 17.6. The van der Waals surface area contributed by atoms with E-state index in [1.54, 1.807) is 31.4 Å². The van der Waals surface area contributed by atoms with Crippen molar-refractivity contribution >= 4 is 17.1 Å². The van der Waals surface area contributed by atoms with Crippen LogP contribution in [-0.2, 0) is 18.4 Å². The number of nitrogens with zero attached hydrogens (tertiary/aromatic N) is 1. The first-order chi connectivity index (χ1) is 11.2. The van der Waals surface area contributed by atoms with Crippen molar-refractivity contribution in [2.24, 2.45) is 7.05 Å². The van der Waals surface area contributed by atoms with E-state index in [9.17, 15) is 4.79 Å². The lowest BCUT2D eigenvalue weighted by Crippen LogP contribution is -2.10. The van der Waals surface area contributed by atoms with Crippen LogP contribution in [0.5, 0.6) is 11.5 Å². The van der Waals surface area contributed by atoms with Crippen molar-refractivity contribution in [3.8, 4) is 11.5 Å². The van der Waals surface area contributed by atoms with Crippen LogP contribution >= 0.6 is 0 Å². The number of fused-ring (bicyclic) bond motifs is 1. The van der Waals surface area contributed by atoms with Gasteiger partial charge in [0.1, 0.15) is 18.1 Å². The zero-order chi connectivity index (χ0) is 16.2. The zero-order valence-corrected chi connectivity index (χ0v) is 13.0. The van der Waals surface area contributed by atoms with E-state index in [1.807, 2.05) is 42.1 Å². The fourth-order valence-corrected chi connectivity index (χ4v) is 2.45. The van der Waals surface area contributed by atoms with Gasteiger partial charge in [0.05, 0.1) is 7.11 Å². The molecule has 1 heterocycles. The van der Waals surface area contributed by atoms with Crippen molar-refractivity contribution in [3.63, 3.8) is 0 Å². The van der Waals surface area contributed by atoms with Crippen molar-refractivity contribution in [1.29, 1.82) is 0 Å². The number of hydrogen-bond acceptors (Lipinski definition) is 4. The maximum absolute atomic E-state index is 11.8. The van der Waals surface area contributed by atoms with Gasteiger partial charge in [-0.15, -0.1) is 0 Å².